The Morgan fingerprint density at radius 3 is 2.24 bits per heavy atom. The highest BCUT2D eigenvalue weighted by Gasteiger charge is 2.36. The summed E-state index contributed by atoms with van der Waals surface area (Å²) >= 11 is 0. The monoisotopic (exact) mass is 360 g/mol. The number of amides is 1. The number of anilines is 1. The number of carbonyl (C=O) groups excluding carboxylic acids is 2. The maximum atomic E-state index is 13.1. The number of halogens is 3. The molecular weight excluding hydrogens is 341 g/mol. The SMILES string of the molecule is CC(=O)c1c(NC(C(=O)NCC(=O)O)C(C)C)cccc1C(F)(F)F. The summed E-state index contributed by atoms with van der Waals surface area (Å²) in [4.78, 5) is 34.4. The third-order valence-corrected chi connectivity index (χ3v) is 3.40. The second kappa shape index (κ2) is 8.00. The summed E-state index contributed by atoms with van der Waals surface area (Å²) in [5.74, 6) is -3.12. The molecule has 0 radical (unpaired) electrons. The molecule has 0 saturated heterocycles. The van der Waals surface area contributed by atoms with Gasteiger partial charge in [0.05, 0.1) is 11.1 Å². The van der Waals surface area contributed by atoms with E-state index in [0.29, 0.717) is 0 Å². The zero-order valence-electron chi connectivity index (χ0n) is 13.9. The van der Waals surface area contributed by atoms with E-state index in [-0.39, 0.29) is 11.6 Å². The van der Waals surface area contributed by atoms with Crippen LogP contribution in [0.25, 0.3) is 0 Å². The van der Waals surface area contributed by atoms with E-state index in [1.165, 1.54) is 6.07 Å². The molecule has 0 saturated carbocycles. The first-order chi connectivity index (χ1) is 11.4. The molecule has 1 aromatic rings. The highest BCUT2D eigenvalue weighted by molar-refractivity contribution is 6.02. The normalized spacial score (nSPS) is 12.6. The Hall–Kier alpha value is -2.58. The Bertz CT molecular complexity index is 672. The maximum absolute atomic E-state index is 13.1. The Kier molecular flexibility index (Phi) is 6.55. The summed E-state index contributed by atoms with van der Waals surface area (Å²) in [6, 6.07) is 2.17. The van der Waals surface area contributed by atoms with Crippen molar-refractivity contribution >= 4 is 23.3 Å². The summed E-state index contributed by atoms with van der Waals surface area (Å²) in [7, 11) is 0. The minimum Gasteiger partial charge on any atom is -0.480 e. The van der Waals surface area contributed by atoms with Crippen molar-refractivity contribution in [3.8, 4) is 0 Å². The van der Waals surface area contributed by atoms with Crippen molar-refractivity contribution in [1.29, 1.82) is 0 Å². The van der Waals surface area contributed by atoms with E-state index in [0.717, 1.165) is 19.1 Å². The number of nitrogens with one attached hydrogen (secondary N) is 2. The van der Waals surface area contributed by atoms with E-state index in [9.17, 15) is 27.6 Å². The lowest BCUT2D eigenvalue weighted by Gasteiger charge is -2.24. The van der Waals surface area contributed by atoms with Crippen LogP contribution in [0.1, 0.15) is 36.7 Å². The van der Waals surface area contributed by atoms with Crippen LogP contribution in [0.15, 0.2) is 18.2 Å². The molecule has 25 heavy (non-hydrogen) atoms. The zero-order chi connectivity index (χ0) is 19.4. The van der Waals surface area contributed by atoms with E-state index in [2.05, 4.69) is 10.6 Å². The second-order valence-electron chi connectivity index (χ2n) is 5.76. The van der Waals surface area contributed by atoms with Gasteiger partial charge in [-0.1, -0.05) is 19.9 Å². The first-order valence-corrected chi connectivity index (χ1v) is 7.42. The van der Waals surface area contributed by atoms with Crippen molar-refractivity contribution in [2.45, 2.75) is 33.0 Å². The third kappa shape index (κ3) is 5.47. The molecule has 0 fully saturated rings. The molecule has 1 atom stereocenters. The maximum Gasteiger partial charge on any atom is 0.417 e. The van der Waals surface area contributed by atoms with Gasteiger partial charge in [-0.25, -0.2) is 0 Å². The summed E-state index contributed by atoms with van der Waals surface area (Å²) in [6.07, 6.45) is -4.72. The number of carboxylic acids is 1. The molecule has 1 aromatic carbocycles. The van der Waals surface area contributed by atoms with Crippen LogP contribution in [-0.2, 0) is 15.8 Å². The minimum absolute atomic E-state index is 0.133. The molecule has 0 aromatic heterocycles. The third-order valence-electron chi connectivity index (χ3n) is 3.40. The lowest BCUT2D eigenvalue weighted by molar-refractivity contribution is -0.138. The number of rotatable bonds is 7. The molecule has 1 unspecified atom stereocenters. The zero-order valence-corrected chi connectivity index (χ0v) is 13.9. The molecular formula is C16H19F3N2O4. The van der Waals surface area contributed by atoms with E-state index in [1.807, 2.05) is 0 Å². The summed E-state index contributed by atoms with van der Waals surface area (Å²) < 4.78 is 39.4. The lowest BCUT2D eigenvalue weighted by Crippen LogP contribution is -2.44. The fraction of sp³-hybridized carbons (Fsp3) is 0.438. The number of alkyl halides is 3. The predicted molar refractivity (Wildman–Crippen MR) is 84.3 cm³/mol. The number of aliphatic carboxylic acids is 1. The van der Waals surface area contributed by atoms with Crippen LogP contribution in [0.4, 0.5) is 18.9 Å². The Labute approximate surface area is 142 Å². The van der Waals surface area contributed by atoms with Gasteiger partial charge in [0.1, 0.15) is 12.6 Å². The average Bonchev–Trinajstić information content (AvgIpc) is 2.48. The predicted octanol–water partition coefficient (Wildman–Crippen LogP) is 2.55. The number of hydrogen-bond donors (Lipinski definition) is 3. The highest BCUT2D eigenvalue weighted by atomic mass is 19.4. The number of ketones is 1. The second-order valence-corrected chi connectivity index (χ2v) is 5.76. The van der Waals surface area contributed by atoms with Gasteiger partial charge in [-0.05, 0) is 25.0 Å². The fourth-order valence-corrected chi connectivity index (χ4v) is 2.26. The van der Waals surface area contributed by atoms with Crippen molar-refractivity contribution < 1.29 is 32.7 Å². The largest absolute Gasteiger partial charge is 0.480 e. The molecule has 6 nitrogen and oxygen atoms in total. The van der Waals surface area contributed by atoms with Crippen LogP contribution >= 0.6 is 0 Å². The van der Waals surface area contributed by atoms with Gasteiger partial charge in [0, 0.05) is 5.69 Å². The van der Waals surface area contributed by atoms with Crippen LogP contribution in [0.3, 0.4) is 0 Å². The Balaban J connectivity index is 3.24. The number of benzene rings is 1. The van der Waals surface area contributed by atoms with Gasteiger partial charge in [-0.15, -0.1) is 0 Å². The van der Waals surface area contributed by atoms with Crippen LogP contribution in [-0.4, -0.2) is 35.4 Å². The molecule has 0 heterocycles. The van der Waals surface area contributed by atoms with E-state index in [4.69, 9.17) is 5.11 Å². The molecule has 1 amide bonds. The molecule has 1 rings (SSSR count). The van der Waals surface area contributed by atoms with E-state index >= 15 is 0 Å². The van der Waals surface area contributed by atoms with Crippen molar-refractivity contribution in [3.63, 3.8) is 0 Å². The van der Waals surface area contributed by atoms with Crippen LogP contribution in [0.2, 0.25) is 0 Å². The van der Waals surface area contributed by atoms with Gasteiger partial charge in [-0.3, -0.25) is 14.4 Å². The molecule has 0 spiro atoms. The van der Waals surface area contributed by atoms with Crippen LogP contribution < -0.4 is 10.6 Å². The van der Waals surface area contributed by atoms with Crippen molar-refractivity contribution in [2.75, 3.05) is 11.9 Å². The summed E-state index contributed by atoms with van der Waals surface area (Å²) in [5, 5.41) is 13.4. The summed E-state index contributed by atoms with van der Waals surface area (Å²) in [6.45, 7) is 3.66. The number of carboxylic acid groups (broad SMARTS) is 1. The molecule has 0 aliphatic carbocycles. The molecule has 0 aliphatic heterocycles. The average molecular weight is 360 g/mol. The smallest absolute Gasteiger partial charge is 0.417 e. The molecule has 9 heteroatoms. The van der Waals surface area contributed by atoms with Gasteiger partial charge >= 0.3 is 12.1 Å². The Morgan fingerprint density at radius 1 is 1.20 bits per heavy atom. The molecule has 3 N–H and O–H groups in total. The van der Waals surface area contributed by atoms with Crippen LogP contribution in [0.5, 0.6) is 0 Å². The van der Waals surface area contributed by atoms with Gasteiger partial charge in [-0.2, -0.15) is 13.2 Å². The number of Topliss-reactive ketones (excluding diaryl/α,β-unsaturated/α-hetero) is 1. The van der Waals surface area contributed by atoms with Crippen molar-refractivity contribution in [3.05, 3.63) is 29.3 Å². The standard InChI is InChI=1S/C16H19F3N2O4/c1-8(2)14(15(25)20-7-12(23)24)21-11-6-4-5-10(16(17,18)19)13(11)9(3)22/h4-6,8,14,21H,7H2,1-3H3,(H,20,25)(H,23,24). The van der Waals surface area contributed by atoms with Crippen molar-refractivity contribution in [1.82, 2.24) is 5.32 Å². The first kappa shape index (κ1) is 20.5. The first-order valence-electron chi connectivity index (χ1n) is 7.42. The van der Waals surface area contributed by atoms with Crippen molar-refractivity contribution in [2.24, 2.45) is 5.92 Å². The number of carbonyl (C=O) groups is 3. The van der Waals surface area contributed by atoms with Gasteiger partial charge in [0.25, 0.3) is 0 Å². The topological polar surface area (TPSA) is 95.5 Å². The number of hydrogen-bond acceptors (Lipinski definition) is 4. The van der Waals surface area contributed by atoms with E-state index in [1.54, 1.807) is 13.8 Å². The van der Waals surface area contributed by atoms with Crippen LogP contribution in [0, 0.1) is 5.92 Å². The van der Waals surface area contributed by atoms with Gasteiger partial charge in [0.15, 0.2) is 5.78 Å². The van der Waals surface area contributed by atoms with E-state index < -0.39 is 47.5 Å². The molecule has 138 valence electrons. The fourth-order valence-electron chi connectivity index (χ4n) is 2.26. The minimum atomic E-state index is -4.72. The quantitative estimate of drug-likeness (QED) is 0.650. The highest BCUT2D eigenvalue weighted by Crippen LogP contribution is 2.35. The lowest BCUT2D eigenvalue weighted by atomic mass is 9.98. The summed E-state index contributed by atoms with van der Waals surface area (Å²) in [5.41, 5.74) is -1.79. The molecule has 0 bridgehead atoms. The van der Waals surface area contributed by atoms with Gasteiger partial charge in [0.2, 0.25) is 5.91 Å². The Morgan fingerprint density at radius 2 is 1.80 bits per heavy atom. The molecule has 0 aliphatic rings. The van der Waals surface area contributed by atoms with Gasteiger partial charge < -0.3 is 15.7 Å².